The van der Waals surface area contributed by atoms with Crippen molar-refractivity contribution in [3.05, 3.63) is 29.8 Å². The molecule has 1 aromatic carbocycles. The predicted octanol–water partition coefficient (Wildman–Crippen LogP) is 2.81. The van der Waals surface area contributed by atoms with Gasteiger partial charge in [0.15, 0.2) is 6.29 Å². The van der Waals surface area contributed by atoms with Crippen LogP contribution in [0.4, 0.5) is 0 Å². The zero-order valence-electron chi connectivity index (χ0n) is 10.4. The molecule has 0 fully saturated rings. The highest BCUT2D eigenvalue weighted by atomic mass is 16.7. The van der Waals surface area contributed by atoms with Gasteiger partial charge in [0, 0.05) is 14.2 Å². The van der Waals surface area contributed by atoms with Crippen molar-refractivity contribution in [2.75, 3.05) is 20.8 Å². The summed E-state index contributed by atoms with van der Waals surface area (Å²) in [5, 5.41) is 0. The van der Waals surface area contributed by atoms with Crippen molar-refractivity contribution < 1.29 is 14.2 Å². The zero-order chi connectivity index (χ0) is 12.0. The van der Waals surface area contributed by atoms with E-state index in [1.54, 1.807) is 14.2 Å². The van der Waals surface area contributed by atoms with E-state index in [1.807, 2.05) is 12.1 Å². The molecule has 0 spiro atoms. The molecule has 0 unspecified atom stereocenters. The Labute approximate surface area is 97.3 Å². The van der Waals surface area contributed by atoms with Gasteiger partial charge in [0.2, 0.25) is 0 Å². The molecule has 90 valence electrons. The topological polar surface area (TPSA) is 27.7 Å². The lowest BCUT2D eigenvalue weighted by Crippen LogP contribution is -2.21. The molecule has 0 aliphatic carbocycles. The van der Waals surface area contributed by atoms with Gasteiger partial charge in [-0.2, -0.15) is 0 Å². The molecule has 0 heterocycles. The minimum Gasteiger partial charge on any atom is -0.488 e. The molecular weight excluding hydrogens is 204 g/mol. The second-order valence-electron chi connectivity index (χ2n) is 3.94. The van der Waals surface area contributed by atoms with Crippen LogP contribution in [0, 0.1) is 0 Å². The average molecular weight is 224 g/mol. The lowest BCUT2D eigenvalue weighted by atomic mass is 10.0. The Hall–Kier alpha value is -1.06. The first-order valence-electron chi connectivity index (χ1n) is 5.45. The molecule has 16 heavy (non-hydrogen) atoms. The van der Waals surface area contributed by atoms with Gasteiger partial charge in [0.1, 0.15) is 12.4 Å². The van der Waals surface area contributed by atoms with Crippen molar-refractivity contribution in [1.82, 2.24) is 0 Å². The number of ether oxygens (including phenoxy) is 3. The summed E-state index contributed by atoms with van der Waals surface area (Å²) in [6.07, 6.45) is -0.315. The summed E-state index contributed by atoms with van der Waals surface area (Å²) in [5.41, 5.74) is 1.31. The summed E-state index contributed by atoms with van der Waals surface area (Å²) < 4.78 is 15.6. The zero-order valence-corrected chi connectivity index (χ0v) is 10.4. The molecule has 0 aliphatic rings. The van der Waals surface area contributed by atoms with Gasteiger partial charge in [-0.15, -0.1) is 0 Å². The highest BCUT2D eigenvalue weighted by Gasteiger charge is 2.06. The van der Waals surface area contributed by atoms with Crippen LogP contribution in [0.3, 0.4) is 0 Å². The van der Waals surface area contributed by atoms with Gasteiger partial charge in [-0.05, 0) is 23.6 Å². The van der Waals surface area contributed by atoms with Gasteiger partial charge < -0.3 is 14.2 Å². The molecule has 0 aromatic heterocycles. The fourth-order valence-corrected chi connectivity index (χ4v) is 1.35. The second kappa shape index (κ2) is 6.51. The van der Waals surface area contributed by atoms with E-state index >= 15 is 0 Å². The van der Waals surface area contributed by atoms with Crippen molar-refractivity contribution in [2.24, 2.45) is 0 Å². The van der Waals surface area contributed by atoms with Gasteiger partial charge in [-0.3, -0.25) is 0 Å². The van der Waals surface area contributed by atoms with E-state index in [2.05, 4.69) is 26.0 Å². The third kappa shape index (κ3) is 3.83. The van der Waals surface area contributed by atoms with Gasteiger partial charge in [0.25, 0.3) is 0 Å². The van der Waals surface area contributed by atoms with E-state index in [0.29, 0.717) is 12.5 Å². The van der Waals surface area contributed by atoms with Gasteiger partial charge in [0.05, 0.1) is 0 Å². The summed E-state index contributed by atoms with van der Waals surface area (Å²) in [7, 11) is 3.19. The van der Waals surface area contributed by atoms with Crippen LogP contribution >= 0.6 is 0 Å². The van der Waals surface area contributed by atoms with Crippen LogP contribution in [0.1, 0.15) is 25.3 Å². The van der Waals surface area contributed by atoms with Crippen LogP contribution in [0.5, 0.6) is 5.75 Å². The summed E-state index contributed by atoms with van der Waals surface area (Å²) in [6.45, 7) is 4.73. The van der Waals surface area contributed by atoms with Crippen molar-refractivity contribution in [1.29, 1.82) is 0 Å². The number of rotatable bonds is 6. The molecule has 0 aliphatic heterocycles. The molecule has 3 heteroatoms. The molecule has 0 radical (unpaired) electrons. The second-order valence-corrected chi connectivity index (χ2v) is 3.94. The molecule has 0 bridgehead atoms. The largest absolute Gasteiger partial charge is 0.488 e. The lowest BCUT2D eigenvalue weighted by Gasteiger charge is -2.14. The smallest absolute Gasteiger partial charge is 0.191 e. The highest BCUT2D eigenvalue weighted by Crippen LogP contribution is 2.18. The van der Waals surface area contributed by atoms with Crippen molar-refractivity contribution >= 4 is 0 Å². The minimum absolute atomic E-state index is 0.315. The Morgan fingerprint density at radius 3 is 2.00 bits per heavy atom. The van der Waals surface area contributed by atoms with Crippen molar-refractivity contribution in [3.63, 3.8) is 0 Å². The van der Waals surface area contributed by atoms with Crippen LogP contribution in [-0.2, 0) is 9.47 Å². The van der Waals surface area contributed by atoms with Crippen LogP contribution in [0.25, 0.3) is 0 Å². The average Bonchev–Trinajstić information content (AvgIpc) is 2.31. The summed E-state index contributed by atoms with van der Waals surface area (Å²) >= 11 is 0. The molecular formula is C13H20O3. The van der Waals surface area contributed by atoms with E-state index < -0.39 is 0 Å². The van der Waals surface area contributed by atoms with Gasteiger partial charge in [-0.25, -0.2) is 0 Å². The number of benzene rings is 1. The molecule has 3 nitrogen and oxygen atoms in total. The Kier molecular flexibility index (Phi) is 5.29. The van der Waals surface area contributed by atoms with E-state index in [9.17, 15) is 0 Å². The molecule has 0 N–H and O–H groups in total. The maximum atomic E-state index is 5.53. The van der Waals surface area contributed by atoms with Gasteiger partial charge in [-0.1, -0.05) is 26.0 Å². The Morgan fingerprint density at radius 2 is 1.56 bits per heavy atom. The SMILES string of the molecule is COC(COc1ccc(C(C)C)cc1)OC. The third-order valence-electron chi connectivity index (χ3n) is 2.46. The first-order valence-corrected chi connectivity index (χ1v) is 5.45. The molecule has 1 rings (SSSR count). The third-order valence-corrected chi connectivity index (χ3v) is 2.46. The number of hydrogen-bond donors (Lipinski definition) is 0. The Bertz CT molecular complexity index is 289. The summed E-state index contributed by atoms with van der Waals surface area (Å²) in [5.74, 6) is 1.38. The first kappa shape index (κ1) is 13.0. The number of methoxy groups -OCH3 is 2. The van der Waals surface area contributed by atoms with Crippen molar-refractivity contribution in [3.8, 4) is 5.75 Å². The van der Waals surface area contributed by atoms with Crippen LogP contribution in [0.15, 0.2) is 24.3 Å². The predicted molar refractivity (Wildman–Crippen MR) is 63.8 cm³/mol. The van der Waals surface area contributed by atoms with Crippen LogP contribution in [-0.4, -0.2) is 27.1 Å². The van der Waals surface area contributed by atoms with E-state index in [1.165, 1.54) is 5.56 Å². The quantitative estimate of drug-likeness (QED) is 0.695. The minimum atomic E-state index is -0.315. The molecule has 0 saturated heterocycles. The fourth-order valence-electron chi connectivity index (χ4n) is 1.35. The standard InChI is InChI=1S/C13H20O3/c1-10(2)11-5-7-12(8-6-11)16-9-13(14-3)15-4/h5-8,10,13H,9H2,1-4H3. The van der Waals surface area contributed by atoms with E-state index in [4.69, 9.17) is 14.2 Å². The fraction of sp³-hybridized carbons (Fsp3) is 0.538. The molecule has 1 aromatic rings. The Morgan fingerprint density at radius 1 is 1.00 bits per heavy atom. The summed E-state index contributed by atoms with van der Waals surface area (Å²) in [4.78, 5) is 0. The van der Waals surface area contributed by atoms with E-state index in [0.717, 1.165) is 5.75 Å². The lowest BCUT2D eigenvalue weighted by molar-refractivity contribution is -0.121. The summed E-state index contributed by atoms with van der Waals surface area (Å²) in [6, 6.07) is 8.10. The molecule has 0 amide bonds. The highest BCUT2D eigenvalue weighted by molar-refractivity contribution is 5.28. The molecule has 0 saturated carbocycles. The van der Waals surface area contributed by atoms with Gasteiger partial charge >= 0.3 is 0 Å². The monoisotopic (exact) mass is 224 g/mol. The normalized spacial score (nSPS) is 11.1. The first-order chi connectivity index (χ1) is 7.67. The number of hydrogen-bond acceptors (Lipinski definition) is 3. The maximum absolute atomic E-state index is 5.53. The van der Waals surface area contributed by atoms with E-state index in [-0.39, 0.29) is 6.29 Å². The Balaban J connectivity index is 2.49. The molecule has 0 atom stereocenters. The van der Waals surface area contributed by atoms with Crippen LogP contribution < -0.4 is 4.74 Å². The van der Waals surface area contributed by atoms with Crippen LogP contribution in [0.2, 0.25) is 0 Å². The van der Waals surface area contributed by atoms with Crippen molar-refractivity contribution in [2.45, 2.75) is 26.1 Å². The maximum Gasteiger partial charge on any atom is 0.191 e.